The van der Waals surface area contributed by atoms with Crippen molar-refractivity contribution in [2.24, 2.45) is 0 Å². The van der Waals surface area contributed by atoms with Crippen LogP contribution >= 0.6 is 0 Å². The van der Waals surface area contributed by atoms with Crippen molar-refractivity contribution < 1.29 is 19.6 Å². The number of nitro groups is 1. The Morgan fingerprint density at radius 2 is 1.76 bits per heavy atom. The number of esters is 1. The first-order valence-corrected chi connectivity index (χ1v) is 9.27. The number of allylic oxidation sites excluding steroid dienone is 3. The number of carbonyl (C=O) groups excluding carboxylic acids is 1. The van der Waals surface area contributed by atoms with Gasteiger partial charge in [0.25, 0.3) is 0 Å². The Labute approximate surface area is 151 Å². The van der Waals surface area contributed by atoms with Gasteiger partial charge in [-0.25, -0.2) is 0 Å². The average molecular weight is 355 g/mol. The van der Waals surface area contributed by atoms with Gasteiger partial charge in [-0.05, 0) is 19.3 Å². The van der Waals surface area contributed by atoms with Gasteiger partial charge in [-0.3, -0.25) is 14.9 Å². The van der Waals surface area contributed by atoms with Crippen molar-refractivity contribution in [3.05, 3.63) is 34.0 Å². The highest BCUT2D eigenvalue weighted by molar-refractivity contribution is 5.68. The molecule has 0 saturated carbocycles. The van der Waals surface area contributed by atoms with Gasteiger partial charge < -0.3 is 9.84 Å². The van der Waals surface area contributed by atoms with Gasteiger partial charge in [0.2, 0.25) is 5.70 Å². The Hall–Kier alpha value is -1.69. The van der Waals surface area contributed by atoms with E-state index in [1.165, 1.54) is 13.2 Å². The minimum absolute atomic E-state index is 0.173. The molecule has 0 aliphatic carbocycles. The van der Waals surface area contributed by atoms with E-state index in [-0.39, 0.29) is 16.6 Å². The van der Waals surface area contributed by atoms with E-state index >= 15 is 0 Å². The van der Waals surface area contributed by atoms with Gasteiger partial charge >= 0.3 is 5.97 Å². The Balaban J connectivity index is 4.00. The van der Waals surface area contributed by atoms with Crippen LogP contribution in [-0.4, -0.2) is 29.2 Å². The Morgan fingerprint density at radius 3 is 2.36 bits per heavy atom. The lowest BCUT2D eigenvalue weighted by molar-refractivity contribution is -0.428. The van der Waals surface area contributed by atoms with Gasteiger partial charge in [0.15, 0.2) is 0 Å². The number of aliphatic hydroxyl groups excluding tert-OH is 1. The van der Waals surface area contributed by atoms with Crippen LogP contribution in [0.1, 0.15) is 77.6 Å². The van der Waals surface area contributed by atoms with Gasteiger partial charge in [-0.1, -0.05) is 57.6 Å². The van der Waals surface area contributed by atoms with Crippen LogP contribution in [0.5, 0.6) is 0 Å². The van der Waals surface area contributed by atoms with Crippen LogP contribution in [0.3, 0.4) is 0 Å². The molecule has 0 spiro atoms. The van der Waals surface area contributed by atoms with Gasteiger partial charge in [0.1, 0.15) is 0 Å². The number of aliphatic hydroxyl groups is 1. The number of hydrogen-bond acceptors (Lipinski definition) is 5. The van der Waals surface area contributed by atoms with Crippen molar-refractivity contribution in [3.8, 4) is 0 Å². The Bertz CT molecular complexity index is 432. The molecule has 1 atom stereocenters. The lowest BCUT2D eigenvalue weighted by Gasteiger charge is -2.03. The van der Waals surface area contributed by atoms with Crippen LogP contribution < -0.4 is 0 Å². The van der Waals surface area contributed by atoms with E-state index in [9.17, 15) is 20.0 Å². The van der Waals surface area contributed by atoms with E-state index in [0.717, 1.165) is 51.4 Å². The topological polar surface area (TPSA) is 89.7 Å². The number of nitrogens with zero attached hydrogens (tertiary/aromatic N) is 1. The summed E-state index contributed by atoms with van der Waals surface area (Å²) in [7, 11) is 1.38. The SMILES string of the molecule is CCCCCC(O)/C=C/C=C(\CCCCCCCC(=O)OC)[N+](=O)[O-]. The minimum atomic E-state index is -0.536. The van der Waals surface area contributed by atoms with E-state index < -0.39 is 6.10 Å². The zero-order valence-electron chi connectivity index (χ0n) is 15.6. The highest BCUT2D eigenvalue weighted by Gasteiger charge is 2.09. The second-order valence-electron chi connectivity index (χ2n) is 6.21. The monoisotopic (exact) mass is 355 g/mol. The van der Waals surface area contributed by atoms with Crippen LogP contribution in [0.25, 0.3) is 0 Å². The predicted molar refractivity (Wildman–Crippen MR) is 98.7 cm³/mol. The highest BCUT2D eigenvalue weighted by Crippen LogP contribution is 2.13. The fraction of sp³-hybridized carbons (Fsp3) is 0.737. The third-order valence-corrected chi connectivity index (χ3v) is 4.00. The molecular formula is C19H33NO5. The second kappa shape index (κ2) is 15.8. The molecule has 0 heterocycles. The predicted octanol–water partition coefficient (Wildman–Crippen LogP) is 4.55. The average Bonchev–Trinajstić information content (AvgIpc) is 2.58. The van der Waals surface area contributed by atoms with Crippen molar-refractivity contribution in [2.45, 2.75) is 83.7 Å². The normalized spacial score (nSPS) is 13.2. The molecule has 25 heavy (non-hydrogen) atoms. The molecule has 0 radical (unpaired) electrons. The molecule has 0 bridgehead atoms. The Morgan fingerprint density at radius 1 is 1.12 bits per heavy atom. The van der Waals surface area contributed by atoms with Crippen molar-refractivity contribution in [1.29, 1.82) is 0 Å². The van der Waals surface area contributed by atoms with E-state index in [1.807, 2.05) is 0 Å². The first-order chi connectivity index (χ1) is 12.0. The zero-order valence-corrected chi connectivity index (χ0v) is 15.6. The highest BCUT2D eigenvalue weighted by atomic mass is 16.6. The molecule has 0 aromatic carbocycles. The molecule has 0 aromatic heterocycles. The van der Waals surface area contributed by atoms with Crippen molar-refractivity contribution in [1.82, 2.24) is 0 Å². The fourth-order valence-corrected chi connectivity index (χ4v) is 2.44. The van der Waals surface area contributed by atoms with Crippen LogP contribution in [0.15, 0.2) is 23.9 Å². The van der Waals surface area contributed by atoms with Gasteiger partial charge in [-0.2, -0.15) is 0 Å². The summed E-state index contributed by atoms with van der Waals surface area (Å²) in [6.45, 7) is 2.10. The number of carbonyl (C=O) groups is 1. The fourth-order valence-electron chi connectivity index (χ4n) is 2.44. The van der Waals surface area contributed by atoms with Crippen molar-refractivity contribution >= 4 is 5.97 Å². The smallest absolute Gasteiger partial charge is 0.305 e. The quantitative estimate of drug-likeness (QED) is 0.153. The van der Waals surface area contributed by atoms with E-state index in [4.69, 9.17) is 0 Å². The maximum atomic E-state index is 11.0. The summed E-state index contributed by atoms with van der Waals surface area (Å²) < 4.78 is 4.57. The van der Waals surface area contributed by atoms with E-state index in [2.05, 4.69) is 11.7 Å². The van der Waals surface area contributed by atoms with Crippen LogP contribution in [0.4, 0.5) is 0 Å². The van der Waals surface area contributed by atoms with Gasteiger partial charge in [0, 0.05) is 18.9 Å². The third kappa shape index (κ3) is 14.4. The maximum Gasteiger partial charge on any atom is 0.305 e. The molecule has 0 aliphatic heterocycles. The number of unbranched alkanes of at least 4 members (excludes halogenated alkanes) is 6. The van der Waals surface area contributed by atoms with Crippen LogP contribution in [0, 0.1) is 10.1 Å². The van der Waals surface area contributed by atoms with Crippen LogP contribution in [-0.2, 0) is 9.53 Å². The third-order valence-electron chi connectivity index (χ3n) is 4.00. The zero-order chi connectivity index (χ0) is 18.9. The molecule has 6 nitrogen and oxygen atoms in total. The Kier molecular flexibility index (Phi) is 14.7. The summed E-state index contributed by atoms with van der Waals surface area (Å²) in [5.74, 6) is -0.192. The van der Waals surface area contributed by atoms with E-state index in [1.54, 1.807) is 12.2 Å². The molecule has 0 amide bonds. The minimum Gasteiger partial charge on any atom is -0.469 e. The largest absolute Gasteiger partial charge is 0.469 e. The molecule has 0 fully saturated rings. The summed E-state index contributed by atoms with van der Waals surface area (Å²) in [6.07, 6.45) is 13.2. The summed E-state index contributed by atoms with van der Waals surface area (Å²) in [5, 5.41) is 20.8. The lowest BCUT2D eigenvalue weighted by Crippen LogP contribution is -2.02. The molecule has 144 valence electrons. The molecule has 1 unspecified atom stereocenters. The van der Waals surface area contributed by atoms with Crippen LogP contribution in [0.2, 0.25) is 0 Å². The van der Waals surface area contributed by atoms with Crippen molar-refractivity contribution in [3.63, 3.8) is 0 Å². The first kappa shape index (κ1) is 23.3. The first-order valence-electron chi connectivity index (χ1n) is 9.27. The molecule has 0 aliphatic rings. The number of ether oxygens (including phenoxy) is 1. The summed E-state index contributed by atoms with van der Waals surface area (Å²) in [4.78, 5) is 21.7. The molecule has 0 rings (SSSR count). The van der Waals surface area contributed by atoms with E-state index in [0.29, 0.717) is 19.3 Å². The lowest BCUT2D eigenvalue weighted by atomic mass is 10.1. The molecule has 1 N–H and O–H groups in total. The molecule has 6 heteroatoms. The summed E-state index contributed by atoms with van der Waals surface area (Å²) >= 11 is 0. The van der Waals surface area contributed by atoms with Gasteiger partial charge in [-0.15, -0.1) is 0 Å². The molecule has 0 aromatic rings. The number of methoxy groups -OCH3 is 1. The van der Waals surface area contributed by atoms with Crippen molar-refractivity contribution in [2.75, 3.05) is 7.11 Å². The molecular weight excluding hydrogens is 322 g/mol. The standard InChI is InChI=1S/C19H33NO5/c1-3-4-8-14-18(21)15-11-13-17(20(23)24)12-9-6-5-7-10-16-19(22)25-2/h11,13,15,18,21H,3-10,12,14,16H2,1-2H3/b15-11+,17-13+. The maximum absolute atomic E-state index is 11.0. The number of hydrogen-bond donors (Lipinski definition) is 1. The summed E-state index contributed by atoms with van der Waals surface area (Å²) in [5.41, 5.74) is 0.173. The van der Waals surface area contributed by atoms with Gasteiger partial charge in [0.05, 0.1) is 18.1 Å². The summed E-state index contributed by atoms with van der Waals surface area (Å²) in [6, 6.07) is 0. The second-order valence-corrected chi connectivity index (χ2v) is 6.21. The number of rotatable bonds is 15. The molecule has 0 saturated heterocycles.